The number of nitrogens with zero attached hydrogens (tertiary/aromatic N) is 1. The van der Waals surface area contributed by atoms with Crippen LogP contribution in [0.3, 0.4) is 0 Å². The molecule has 0 amide bonds. The van der Waals surface area contributed by atoms with Crippen LogP contribution in [-0.4, -0.2) is 40.2 Å². The minimum atomic E-state index is -0.0537. The molecule has 2 aromatic rings. The van der Waals surface area contributed by atoms with Gasteiger partial charge < -0.3 is 19.1 Å². The lowest BCUT2D eigenvalue weighted by Crippen LogP contribution is -2.29. The number of hydrogen-bond acceptors (Lipinski definition) is 5. The summed E-state index contributed by atoms with van der Waals surface area (Å²) in [6.07, 6.45) is 7.06. The second kappa shape index (κ2) is 9.31. The third kappa shape index (κ3) is 4.47. The summed E-state index contributed by atoms with van der Waals surface area (Å²) in [5.74, 6) is 1.72. The number of anilines is 1. The Morgan fingerprint density at radius 3 is 2.07 bits per heavy atom. The van der Waals surface area contributed by atoms with Gasteiger partial charge in [-0.05, 0) is 61.7 Å². The first-order valence-electron chi connectivity index (χ1n) is 9.53. The van der Waals surface area contributed by atoms with Crippen LogP contribution in [0.2, 0.25) is 0 Å². The molecule has 2 aromatic carbocycles. The molecule has 1 saturated heterocycles. The summed E-state index contributed by atoms with van der Waals surface area (Å²) in [6, 6.07) is 11.4. The minimum absolute atomic E-state index is 0.0537. The van der Waals surface area contributed by atoms with Gasteiger partial charge in [0.25, 0.3) is 0 Å². The fourth-order valence-corrected chi connectivity index (χ4v) is 3.43. The van der Waals surface area contributed by atoms with Crippen LogP contribution in [0.1, 0.15) is 35.2 Å². The molecule has 5 nitrogen and oxygen atoms in total. The third-order valence-electron chi connectivity index (χ3n) is 5.02. The average Bonchev–Trinajstić information content (AvgIpc) is 2.77. The van der Waals surface area contributed by atoms with Gasteiger partial charge in [0.05, 0.1) is 21.3 Å². The summed E-state index contributed by atoms with van der Waals surface area (Å²) < 4.78 is 16.0. The Hall–Kier alpha value is -2.95. The summed E-state index contributed by atoms with van der Waals surface area (Å²) in [4.78, 5) is 15.0. The second-order valence-electron chi connectivity index (χ2n) is 6.74. The zero-order valence-electron chi connectivity index (χ0n) is 16.7. The van der Waals surface area contributed by atoms with E-state index in [9.17, 15) is 4.79 Å². The number of piperidine rings is 1. The molecule has 0 radical (unpaired) electrons. The highest BCUT2D eigenvalue weighted by Gasteiger charge is 2.12. The molecule has 0 saturated carbocycles. The Balaban J connectivity index is 1.76. The van der Waals surface area contributed by atoms with Gasteiger partial charge in [-0.25, -0.2) is 0 Å². The van der Waals surface area contributed by atoms with Gasteiger partial charge in [-0.1, -0.05) is 0 Å². The van der Waals surface area contributed by atoms with Gasteiger partial charge in [-0.3, -0.25) is 4.79 Å². The molecule has 28 heavy (non-hydrogen) atoms. The van der Waals surface area contributed by atoms with Crippen LogP contribution in [0.5, 0.6) is 17.2 Å². The number of hydrogen-bond donors (Lipinski definition) is 0. The highest BCUT2D eigenvalue weighted by Crippen LogP contribution is 2.35. The number of methoxy groups -OCH3 is 3. The maximum absolute atomic E-state index is 12.6. The number of carbonyl (C=O) groups excluding carboxylic acids is 1. The van der Waals surface area contributed by atoms with Gasteiger partial charge in [-0.2, -0.15) is 0 Å². The molecule has 1 heterocycles. The highest BCUT2D eigenvalue weighted by atomic mass is 16.5. The van der Waals surface area contributed by atoms with Crippen molar-refractivity contribution in [1.29, 1.82) is 0 Å². The average molecular weight is 381 g/mol. The Morgan fingerprint density at radius 2 is 1.46 bits per heavy atom. The standard InChI is InChI=1S/C23H27NO4/c1-26-21-16-23(28-3)22(27-2)15-18(21)9-12-20(25)17-7-10-19(11-8-17)24-13-5-4-6-14-24/h7-12,15-16H,4-6,13-14H2,1-3H3/b12-9+. The predicted octanol–water partition coefficient (Wildman–Crippen LogP) is 4.60. The molecular weight excluding hydrogens is 354 g/mol. The van der Waals surface area contributed by atoms with E-state index < -0.39 is 0 Å². The molecule has 1 aliphatic rings. The predicted molar refractivity (Wildman–Crippen MR) is 112 cm³/mol. The van der Waals surface area contributed by atoms with E-state index in [0.29, 0.717) is 22.8 Å². The first-order chi connectivity index (χ1) is 13.7. The molecule has 0 spiro atoms. The van der Waals surface area contributed by atoms with Crippen LogP contribution < -0.4 is 19.1 Å². The first-order valence-corrected chi connectivity index (χ1v) is 9.53. The van der Waals surface area contributed by atoms with Crippen LogP contribution in [0.25, 0.3) is 6.08 Å². The van der Waals surface area contributed by atoms with Crippen molar-refractivity contribution in [2.75, 3.05) is 39.3 Å². The molecule has 3 rings (SSSR count). The smallest absolute Gasteiger partial charge is 0.185 e. The molecule has 0 unspecified atom stereocenters. The van der Waals surface area contributed by atoms with Crippen molar-refractivity contribution in [3.8, 4) is 17.2 Å². The lowest BCUT2D eigenvalue weighted by atomic mass is 10.1. The van der Waals surface area contributed by atoms with Crippen molar-refractivity contribution in [3.63, 3.8) is 0 Å². The van der Waals surface area contributed by atoms with Crippen molar-refractivity contribution in [2.45, 2.75) is 19.3 Å². The molecule has 0 aromatic heterocycles. The maximum atomic E-state index is 12.6. The summed E-state index contributed by atoms with van der Waals surface area (Å²) in [5, 5.41) is 0. The topological polar surface area (TPSA) is 48.0 Å². The SMILES string of the molecule is COc1cc(OC)c(OC)cc1/C=C/C(=O)c1ccc(N2CCCCC2)cc1. The van der Waals surface area contributed by atoms with Crippen molar-refractivity contribution in [2.24, 2.45) is 0 Å². The zero-order chi connectivity index (χ0) is 19.9. The van der Waals surface area contributed by atoms with E-state index in [1.165, 1.54) is 24.9 Å². The fourth-order valence-electron chi connectivity index (χ4n) is 3.43. The van der Waals surface area contributed by atoms with Crippen LogP contribution in [0, 0.1) is 0 Å². The van der Waals surface area contributed by atoms with Crippen molar-refractivity contribution in [3.05, 3.63) is 53.6 Å². The van der Waals surface area contributed by atoms with Crippen molar-refractivity contribution < 1.29 is 19.0 Å². The quantitative estimate of drug-likeness (QED) is 0.518. The van der Waals surface area contributed by atoms with E-state index in [1.807, 2.05) is 24.3 Å². The molecule has 0 N–H and O–H groups in total. The van der Waals surface area contributed by atoms with Crippen molar-refractivity contribution in [1.82, 2.24) is 0 Å². The second-order valence-corrected chi connectivity index (χ2v) is 6.74. The van der Waals surface area contributed by atoms with Crippen LogP contribution in [-0.2, 0) is 0 Å². The van der Waals surface area contributed by atoms with E-state index in [1.54, 1.807) is 45.6 Å². The summed E-state index contributed by atoms with van der Waals surface area (Å²) in [5.41, 5.74) is 2.59. The molecule has 0 aliphatic carbocycles. The lowest BCUT2D eigenvalue weighted by molar-refractivity contribution is 0.104. The number of ether oxygens (including phenoxy) is 3. The minimum Gasteiger partial charge on any atom is -0.496 e. The number of ketones is 1. The van der Waals surface area contributed by atoms with E-state index in [2.05, 4.69) is 4.90 Å². The van der Waals surface area contributed by atoms with Crippen molar-refractivity contribution >= 4 is 17.5 Å². The van der Waals surface area contributed by atoms with Crippen LogP contribution in [0.15, 0.2) is 42.5 Å². The molecule has 1 fully saturated rings. The Labute approximate surface area is 166 Å². The van der Waals surface area contributed by atoms with Gasteiger partial charge in [0.1, 0.15) is 5.75 Å². The Morgan fingerprint density at radius 1 is 0.857 bits per heavy atom. The van der Waals surface area contributed by atoms with E-state index in [-0.39, 0.29) is 5.78 Å². The van der Waals surface area contributed by atoms with Crippen LogP contribution in [0.4, 0.5) is 5.69 Å². The largest absolute Gasteiger partial charge is 0.496 e. The molecular formula is C23H27NO4. The van der Waals surface area contributed by atoms with Gasteiger partial charge in [-0.15, -0.1) is 0 Å². The summed E-state index contributed by atoms with van der Waals surface area (Å²) >= 11 is 0. The van der Waals surface area contributed by atoms with Gasteiger partial charge >= 0.3 is 0 Å². The Kier molecular flexibility index (Phi) is 6.58. The normalized spacial score (nSPS) is 14.2. The first kappa shape index (κ1) is 19.8. The fraction of sp³-hybridized carbons (Fsp3) is 0.348. The third-order valence-corrected chi connectivity index (χ3v) is 5.02. The lowest BCUT2D eigenvalue weighted by Gasteiger charge is -2.28. The maximum Gasteiger partial charge on any atom is 0.185 e. The molecule has 148 valence electrons. The monoisotopic (exact) mass is 381 g/mol. The van der Waals surface area contributed by atoms with E-state index in [0.717, 1.165) is 18.7 Å². The number of rotatable bonds is 7. The molecule has 0 atom stereocenters. The Bertz CT molecular complexity index is 836. The van der Waals surface area contributed by atoms with E-state index >= 15 is 0 Å². The van der Waals surface area contributed by atoms with Gasteiger partial charge in [0.2, 0.25) is 0 Å². The van der Waals surface area contributed by atoms with Crippen LogP contribution >= 0.6 is 0 Å². The molecule has 5 heteroatoms. The van der Waals surface area contributed by atoms with Gasteiger partial charge in [0.15, 0.2) is 17.3 Å². The zero-order valence-corrected chi connectivity index (χ0v) is 16.7. The molecule has 0 bridgehead atoms. The van der Waals surface area contributed by atoms with E-state index in [4.69, 9.17) is 14.2 Å². The summed E-state index contributed by atoms with van der Waals surface area (Å²) in [7, 11) is 4.73. The number of allylic oxidation sites excluding steroid dienone is 1. The highest BCUT2D eigenvalue weighted by molar-refractivity contribution is 6.07. The number of benzene rings is 2. The van der Waals surface area contributed by atoms with Gasteiger partial charge in [0, 0.05) is 36.0 Å². The summed E-state index contributed by atoms with van der Waals surface area (Å²) in [6.45, 7) is 2.18. The molecule has 1 aliphatic heterocycles. The number of carbonyl (C=O) groups is 1.